The highest BCUT2D eigenvalue weighted by atomic mass is 16.5. The van der Waals surface area contributed by atoms with Crippen LogP contribution in [0.1, 0.15) is 66.7 Å². The van der Waals surface area contributed by atoms with Crippen molar-refractivity contribution in [2.24, 2.45) is 23.2 Å². The standard InChI is InChI=1S/C17H32O3/c1-12(2)17(19,15(18)20-6)14-9-7-8-13(10-11-14)16(3,4)5/h12-14,19H,7-11H2,1-6H3. The Morgan fingerprint density at radius 1 is 1.10 bits per heavy atom. The van der Waals surface area contributed by atoms with Crippen molar-refractivity contribution in [2.45, 2.75) is 72.3 Å². The lowest BCUT2D eigenvalue weighted by Gasteiger charge is -2.37. The van der Waals surface area contributed by atoms with Gasteiger partial charge in [0.25, 0.3) is 0 Å². The van der Waals surface area contributed by atoms with Crippen LogP contribution in [-0.4, -0.2) is 23.8 Å². The van der Waals surface area contributed by atoms with E-state index in [1.54, 1.807) is 0 Å². The highest BCUT2D eigenvalue weighted by Gasteiger charge is 2.48. The summed E-state index contributed by atoms with van der Waals surface area (Å²) >= 11 is 0. The fraction of sp³-hybridized carbons (Fsp3) is 0.941. The summed E-state index contributed by atoms with van der Waals surface area (Å²) in [7, 11) is 1.37. The third kappa shape index (κ3) is 3.55. The fourth-order valence-electron chi connectivity index (χ4n) is 3.65. The van der Waals surface area contributed by atoms with Gasteiger partial charge in [-0.1, -0.05) is 41.0 Å². The van der Waals surface area contributed by atoms with E-state index in [-0.39, 0.29) is 11.8 Å². The lowest BCUT2D eigenvalue weighted by atomic mass is 9.73. The van der Waals surface area contributed by atoms with Crippen molar-refractivity contribution in [3.05, 3.63) is 0 Å². The summed E-state index contributed by atoms with van der Waals surface area (Å²) in [5.41, 5.74) is -1.03. The second-order valence-corrected chi connectivity index (χ2v) is 7.74. The largest absolute Gasteiger partial charge is 0.467 e. The lowest BCUT2D eigenvalue weighted by Crippen LogP contribution is -2.51. The van der Waals surface area contributed by atoms with E-state index in [1.165, 1.54) is 13.5 Å². The van der Waals surface area contributed by atoms with E-state index in [1.807, 2.05) is 13.8 Å². The molecular formula is C17H32O3. The molecule has 3 atom stereocenters. The maximum absolute atomic E-state index is 12.1. The molecule has 0 spiro atoms. The minimum absolute atomic E-state index is 0.0160. The predicted molar refractivity (Wildman–Crippen MR) is 81.3 cm³/mol. The number of carbonyl (C=O) groups is 1. The molecule has 0 amide bonds. The molecule has 0 aliphatic heterocycles. The van der Waals surface area contributed by atoms with E-state index < -0.39 is 11.6 Å². The molecule has 1 saturated carbocycles. The molecule has 0 radical (unpaired) electrons. The molecule has 3 heteroatoms. The average molecular weight is 284 g/mol. The van der Waals surface area contributed by atoms with E-state index in [0.29, 0.717) is 11.3 Å². The highest BCUT2D eigenvalue weighted by molar-refractivity contribution is 5.80. The molecule has 1 aliphatic carbocycles. The second kappa shape index (κ2) is 6.46. The summed E-state index contributed by atoms with van der Waals surface area (Å²) in [6.45, 7) is 10.7. The van der Waals surface area contributed by atoms with Gasteiger partial charge in [0.1, 0.15) is 0 Å². The van der Waals surface area contributed by atoms with Gasteiger partial charge in [-0.05, 0) is 48.9 Å². The van der Waals surface area contributed by atoms with Crippen LogP contribution in [0.25, 0.3) is 0 Å². The Hall–Kier alpha value is -0.570. The predicted octanol–water partition coefficient (Wildman–Crippen LogP) is 3.79. The van der Waals surface area contributed by atoms with Crippen molar-refractivity contribution in [1.29, 1.82) is 0 Å². The van der Waals surface area contributed by atoms with Crippen LogP contribution < -0.4 is 0 Å². The Kier molecular flexibility index (Phi) is 5.65. The normalized spacial score (nSPS) is 27.8. The summed E-state index contributed by atoms with van der Waals surface area (Å²) in [4.78, 5) is 12.1. The minimum atomic E-state index is -1.33. The zero-order valence-electron chi connectivity index (χ0n) is 14.0. The molecule has 0 aromatic heterocycles. The van der Waals surface area contributed by atoms with E-state index in [4.69, 9.17) is 4.74 Å². The number of ether oxygens (including phenoxy) is 1. The quantitative estimate of drug-likeness (QED) is 0.633. The molecule has 1 rings (SSSR count). The van der Waals surface area contributed by atoms with Crippen LogP contribution in [0.4, 0.5) is 0 Å². The molecule has 1 aliphatic rings. The van der Waals surface area contributed by atoms with Gasteiger partial charge in [0.2, 0.25) is 0 Å². The van der Waals surface area contributed by atoms with Crippen LogP contribution in [-0.2, 0) is 9.53 Å². The Bertz CT molecular complexity index is 330. The third-order valence-corrected chi connectivity index (χ3v) is 5.21. The first-order chi connectivity index (χ1) is 9.14. The molecule has 0 saturated heterocycles. The van der Waals surface area contributed by atoms with E-state index in [9.17, 15) is 9.90 Å². The third-order valence-electron chi connectivity index (χ3n) is 5.21. The number of hydrogen-bond acceptors (Lipinski definition) is 3. The average Bonchev–Trinajstić information content (AvgIpc) is 2.61. The van der Waals surface area contributed by atoms with Crippen LogP contribution >= 0.6 is 0 Å². The summed E-state index contributed by atoms with van der Waals surface area (Å²) in [6, 6.07) is 0. The molecule has 3 nitrogen and oxygen atoms in total. The Morgan fingerprint density at radius 3 is 2.05 bits per heavy atom. The van der Waals surface area contributed by atoms with E-state index >= 15 is 0 Å². The van der Waals surface area contributed by atoms with Gasteiger partial charge in [-0.2, -0.15) is 0 Å². The topological polar surface area (TPSA) is 46.5 Å². The van der Waals surface area contributed by atoms with E-state index in [0.717, 1.165) is 25.7 Å². The molecule has 0 bridgehead atoms. The number of esters is 1. The van der Waals surface area contributed by atoms with Crippen LogP contribution in [0, 0.1) is 23.2 Å². The van der Waals surface area contributed by atoms with Crippen LogP contribution in [0.15, 0.2) is 0 Å². The number of rotatable bonds is 3. The van der Waals surface area contributed by atoms with Gasteiger partial charge in [0.05, 0.1) is 7.11 Å². The van der Waals surface area contributed by atoms with Crippen LogP contribution in [0.5, 0.6) is 0 Å². The molecular weight excluding hydrogens is 252 g/mol. The van der Waals surface area contributed by atoms with Crippen molar-refractivity contribution in [3.63, 3.8) is 0 Å². The zero-order valence-corrected chi connectivity index (χ0v) is 14.0. The number of carbonyl (C=O) groups excluding carboxylic acids is 1. The SMILES string of the molecule is COC(=O)C(O)(C(C)C)C1CCCC(C(C)(C)C)CC1. The smallest absolute Gasteiger partial charge is 0.338 e. The first-order valence-corrected chi connectivity index (χ1v) is 7.94. The van der Waals surface area contributed by atoms with Crippen LogP contribution in [0.2, 0.25) is 0 Å². The van der Waals surface area contributed by atoms with Gasteiger partial charge >= 0.3 is 5.97 Å². The van der Waals surface area contributed by atoms with Gasteiger partial charge in [0, 0.05) is 0 Å². The lowest BCUT2D eigenvalue weighted by molar-refractivity contribution is -0.176. The van der Waals surface area contributed by atoms with Crippen molar-refractivity contribution >= 4 is 5.97 Å². The Balaban J connectivity index is 2.88. The van der Waals surface area contributed by atoms with Crippen molar-refractivity contribution in [3.8, 4) is 0 Å². The van der Waals surface area contributed by atoms with Gasteiger partial charge < -0.3 is 9.84 Å². The molecule has 1 fully saturated rings. The minimum Gasteiger partial charge on any atom is -0.467 e. The second-order valence-electron chi connectivity index (χ2n) is 7.74. The van der Waals surface area contributed by atoms with Gasteiger partial charge in [-0.3, -0.25) is 0 Å². The van der Waals surface area contributed by atoms with Crippen molar-refractivity contribution < 1.29 is 14.6 Å². The van der Waals surface area contributed by atoms with Crippen LogP contribution in [0.3, 0.4) is 0 Å². The molecule has 1 N–H and O–H groups in total. The van der Waals surface area contributed by atoms with Gasteiger partial charge in [-0.25, -0.2) is 4.79 Å². The molecule has 0 aromatic rings. The van der Waals surface area contributed by atoms with Gasteiger partial charge in [0.15, 0.2) is 5.60 Å². The number of methoxy groups -OCH3 is 1. The zero-order chi connectivity index (χ0) is 15.6. The molecule has 20 heavy (non-hydrogen) atoms. The highest BCUT2D eigenvalue weighted by Crippen LogP contribution is 2.43. The molecule has 3 unspecified atom stereocenters. The number of aliphatic hydroxyl groups is 1. The van der Waals surface area contributed by atoms with Gasteiger partial charge in [-0.15, -0.1) is 0 Å². The summed E-state index contributed by atoms with van der Waals surface area (Å²) < 4.78 is 4.88. The number of hydrogen-bond donors (Lipinski definition) is 1. The summed E-state index contributed by atoms with van der Waals surface area (Å²) in [5, 5.41) is 10.9. The Labute approximate surface area is 124 Å². The first kappa shape index (κ1) is 17.5. The molecule has 0 heterocycles. The van der Waals surface area contributed by atoms with Crippen molar-refractivity contribution in [2.75, 3.05) is 7.11 Å². The monoisotopic (exact) mass is 284 g/mol. The fourth-order valence-corrected chi connectivity index (χ4v) is 3.65. The summed E-state index contributed by atoms with van der Waals surface area (Å²) in [6.07, 6.45) is 5.18. The molecule has 0 aromatic carbocycles. The molecule has 118 valence electrons. The summed E-state index contributed by atoms with van der Waals surface area (Å²) in [5.74, 6) is 0.0988. The van der Waals surface area contributed by atoms with E-state index in [2.05, 4.69) is 20.8 Å². The Morgan fingerprint density at radius 2 is 1.60 bits per heavy atom. The van der Waals surface area contributed by atoms with Crippen molar-refractivity contribution in [1.82, 2.24) is 0 Å². The first-order valence-electron chi connectivity index (χ1n) is 7.94. The maximum atomic E-state index is 12.1. The maximum Gasteiger partial charge on any atom is 0.338 e.